The van der Waals surface area contributed by atoms with Gasteiger partial charge in [-0.05, 0) is 25.0 Å². The zero-order chi connectivity index (χ0) is 15.2. The Morgan fingerprint density at radius 1 is 1.40 bits per heavy atom. The number of nitrogens with two attached hydrogens (primary N) is 1. The molecule has 0 aliphatic carbocycles. The van der Waals surface area contributed by atoms with Crippen molar-refractivity contribution in [3.05, 3.63) is 18.3 Å². The molecular weight excluding hydrogens is 278 g/mol. The number of rotatable bonds is 8. The van der Waals surface area contributed by atoms with Crippen molar-refractivity contribution < 1.29 is 13.2 Å². The molecule has 0 saturated carbocycles. The van der Waals surface area contributed by atoms with Crippen molar-refractivity contribution in [3.8, 4) is 0 Å². The molecule has 1 heterocycles. The first-order chi connectivity index (χ1) is 9.48. The Morgan fingerprint density at radius 3 is 2.55 bits per heavy atom. The molecule has 0 aromatic carbocycles. The van der Waals surface area contributed by atoms with Crippen molar-refractivity contribution >= 4 is 15.7 Å². The van der Waals surface area contributed by atoms with Crippen LogP contribution in [0.25, 0.3) is 0 Å². The number of pyridine rings is 1. The van der Waals surface area contributed by atoms with Crippen molar-refractivity contribution in [2.45, 2.75) is 37.8 Å². The number of ether oxygens (including phenoxy) is 1. The monoisotopic (exact) mass is 301 g/mol. The van der Waals surface area contributed by atoms with Gasteiger partial charge in [-0.3, -0.25) is 0 Å². The largest absolute Gasteiger partial charge is 0.396 e. The highest BCUT2D eigenvalue weighted by molar-refractivity contribution is 7.89. The quantitative estimate of drug-likeness (QED) is 0.786. The van der Waals surface area contributed by atoms with E-state index in [1.807, 2.05) is 13.8 Å². The molecule has 0 aliphatic heterocycles. The van der Waals surface area contributed by atoms with Crippen LogP contribution >= 0.6 is 0 Å². The number of hydrogen-bond acceptors (Lipinski definition) is 5. The zero-order valence-corrected chi connectivity index (χ0v) is 13.1. The number of aromatic nitrogens is 1. The molecule has 0 saturated heterocycles. The molecule has 0 spiro atoms. The SMILES string of the molecule is CCC(CC)N(CCOC)S(=O)(=O)c1ncccc1N. The lowest BCUT2D eigenvalue weighted by molar-refractivity contribution is 0.163. The number of sulfonamides is 1. The summed E-state index contributed by atoms with van der Waals surface area (Å²) < 4.78 is 31.9. The van der Waals surface area contributed by atoms with E-state index in [1.54, 1.807) is 19.2 Å². The molecule has 7 heteroatoms. The van der Waals surface area contributed by atoms with Gasteiger partial charge in [0.15, 0.2) is 5.03 Å². The normalized spacial score (nSPS) is 12.2. The summed E-state index contributed by atoms with van der Waals surface area (Å²) in [6.07, 6.45) is 2.89. The number of methoxy groups -OCH3 is 1. The van der Waals surface area contributed by atoms with E-state index in [0.29, 0.717) is 13.2 Å². The molecule has 20 heavy (non-hydrogen) atoms. The van der Waals surface area contributed by atoms with Crippen molar-refractivity contribution in [2.24, 2.45) is 0 Å². The van der Waals surface area contributed by atoms with Gasteiger partial charge in [0.25, 0.3) is 10.0 Å². The number of hydrogen-bond donors (Lipinski definition) is 1. The summed E-state index contributed by atoms with van der Waals surface area (Å²) in [4.78, 5) is 3.93. The summed E-state index contributed by atoms with van der Waals surface area (Å²) in [6.45, 7) is 4.56. The molecule has 6 nitrogen and oxygen atoms in total. The second kappa shape index (κ2) is 7.56. The van der Waals surface area contributed by atoms with Crippen LogP contribution in [-0.4, -0.2) is 44.0 Å². The standard InChI is InChI=1S/C13H23N3O3S/c1-4-11(5-2)16(9-10-19-3)20(17,18)13-12(14)7-6-8-15-13/h6-8,11H,4-5,9-10,14H2,1-3H3. The van der Waals surface area contributed by atoms with Gasteiger partial charge >= 0.3 is 0 Å². The van der Waals surface area contributed by atoms with Crippen LogP contribution in [0.2, 0.25) is 0 Å². The fourth-order valence-corrected chi connectivity index (χ4v) is 3.89. The van der Waals surface area contributed by atoms with Crippen LogP contribution in [0, 0.1) is 0 Å². The highest BCUT2D eigenvalue weighted by atomic mass is 32.2. The van der Waals surface area contributed by atoms with Crippen LogP contribution in [0.4, 0.5) is 5.69 Å². The Hall–Kier alpha value is -1.18. The predicted molar refractivity (Wildman–Crippen MR) is 78.8 cm³/mol. The maximum absolute atomic E-state index is 12.7. The minimum Gasteiger partial charge on any atom is -0.396 e. The molecule has 1 aromatic rings. The first-order valence-corrected chi connectivity index (χ1v) is 8.14. The molecular formula is C13H23N3O3S. The summed E-state index contributed by atoms with van der Waals surface area (Å²) in [6, 6.07) is 3.07. The Morgan fingerprint density at radius 2 is 2.05 bits per heavy atom. The van der Waals surface area contributed by atoms with Gasteiger partial charge in [-0.2, -0.15) is 4.31 Å². The fourth-order valence-electron chi connectivity index (χ4n) is 2.11. The van der Waals surface area contributed by atoms with Gasteiger partial charge < -0.3 is 10.5 Å². The Balaban J connectivity index is 3.20. The van der Waals surface area contributed by atoms with E-state index >= 15 is 0 Å². The van der Waals surface area contributed by atoms with E-state index in [2.05, 4.69) is 4.98 Å². The third-order valence-corrected chi connectivity index (χ3v) is 5.15. The molecule has 1 rings (SSSR count). The Bertz CT molecular complexity index is 515. The topological polar surface area (TPSA) is 85.5 Å². The van der Waals surface area contributed by atoms with E-state index < -0.39 is 10.0 Å². The van der Waals surface area contributed by atoms with Crippen molar-refractivity contribution in [1.82, 2.24) is 9.29 Å². The molecule has 0 unspecified atom stereocenters. The summed E-state index contributed by atoms with van der Waals surface area (Å²) in [5.74, 6) is 0. The predicted octanol–water partition coefficient (Wildman–Crippen LogP) is 1.49. The van der Waals surface area contributed by atoms with Crippen LogP contribution in [-0.2, 0) is 14.8 Å². The van der Waals surface area contributed by atoms with Crippen LogP contribution in [0.3, 0.4) is 0 Å². The number of anilines is 1. The second-order valence-corrected chi connectivity index (χ2v) is 6.28. The average Bonchev–Trinajstić information content (AvgIpc) is 2.43. The van der Waals surface area contributed by atoms with Gasteiger partial charge in [0.2, 0.25) is 0 Å². The van der Waals surface area contributed by atoms with Crippen molar-refractivity contribution in [3.63, 3.8) is 0 Å². The summed E-state index contributed by atoms with van der Waals surface area (Å²) >= 11 is 0. The lowest BCUT2D eigenvalue weighted by Gasteiger charge is -2.29. The van der Waals surface area contributed by atoms with Gasteiger partial charge in [0.05, 0.1) is 12.3 Å². The van der Waals surface area contributed by atoms with Crippen molar-refractivity contribution in [2.75, 3.05) is 26.0 Å². The van der Waals surface area contributed by atoms with E-state index in [0.717, 1.165) is 12.8 Å². The maximum atomic E-state index is 12.7. The highest BCUT2D eigenvalue weighted by Gasteiger charge is 2.31. The van der Waals surface area contributed by atoms with Gasteiger partial charge in [0.1, 0.15) is 0 Å². The van der Waals surface area contributed by atoms with Crippen molar-refractivity contribution in [1.29, 1.82) is 0 Å². The smallest absolute Gasteiger partial charge is 0.262 e. The minimum absolute atomic E-state index is 0.0806. The summed E-state index contributed by atoms with van der Waals surface area (Å²) in [5, 5.41) is -0.0806. The van der Waals surface area contributed by atoms with E-state index in [4.69, 9.17) is 10.5 Å². The molecule has 1 aromatic heterocycles. The molecule has 0 atom stereocenters. The van der Waals surface area contributed by atoms with E-state index in [9.17, 15) is 8.42 Å². The Labute approximate surface area is 121 Å². The molecule has 0 bridgehead atoms. The lowest BCUT2D eigenvalue weighted by atomic mass is 10.2. The average molecular weight is 301 g/mol. The molecule has 0 amide bonds. The van der Waals surface area contributed by atoms with Crippen LogP contribution in [0.5, 0.6) is 0 Å². The molecule has 0 fully saturated rings. The molecule has 0 radical (unpaired) electrons. The van der Waals surface area contributed by atoms with Gasteiger partial charge in [-0.15, -0.1) is 0 Å². The molecule has 114 valence electrons. The summed E-state index contributed by atoms with van der Waals surface area (Å²) in [5.41, 5.74) is 5.92. The first kappa shape index (κ1) is 16.9. The van der Waals surface area contributed by atoms with E-state index in [-0.39, 0.29) is 16.8 Å². The highest BCUT2D eigenvalue weighted by Crippen LogP contribution is 2.23. The first-order valence-electron chi connectivity index (χ1n) is 6.70. The Kier molecular flexibility index (Phi) is 6.38. The minimum atomic E-state index is -3.71. The number of nitrogen functional groups attached to an aromatic ring is 1. The van der Waals surface area contributed by atoms with Crippen LogP contribution < -0.4 is 5.73 Å². The van der Waals surface area contributed by atoms with E-state index in [1.165, 1.54) is 10.5 Å². The number of nitrogens with zero attached hydrogens (tertiary/aromatic N) is 2. The third kappa shape index (κ3) is 3.68. The van der Waals surface area contributed by atoms with Gasteiger partial charge in [-0.1, -0.05) is 13.8 Å². The van der Waals surface area contributed by atoms with Crippen LogP contribution in [0.15, 0.2) is 23.4 Å². The summed E-state index contributed by atoms with van der Waals surface area (Å²) in [7, 11) is -2.16. The lowest BCUT2D eigenvalue weighted by Crippen LogP contribution is -2.42. The third-order valence-electron chi connectivity index (χ3n) is 3.22. The van der Waals surface area contributed by atoms with Gasteiger partial charge in [-0.25, -0.2) is 13.4 Å². The van der Waals surface area contributed by atoms with Gasteiger partial charge in [0, 0.05) is 25.9 Å². The second-order valence-electron chi connectivity index (χ2n) is 4.48. The molecule has 2 N–H and O–H groups in total. The van der Waals surface area contributed by atoms with Crippen LogP contribution in [0.1, 0.15) is 26.7 Å². The fraction of sp³-hybridized carbons (Fsp3) is 0.615. The molecule has 0 aliphatic rings. The maximum Gasteiger partial charge on any atom is 0.262 e. The zero-order valence-electron chi connectivity index (χ0n) is 12.2.